The van der Waals surface area contributed by atoms with Crippen LogP contribution in [0.25, 0.3) is 0 Å². The summed E-state index contributed by atoms with van der Waals surface area (Å²) in [6, 6.07) is 17.7. The first-order valence-corrected chi connectivity index (χ1v) is 8.39. The van der Waals surface area contributed by atoms with Crippen LogP contribution in [0.2, 0.25) is 0 Å². The van der Waals surface area contributed by atoms with Crippen LogP contribution < -0.4 is 15.4 Å². The third kappa shape index (κ3) is 4.63. The quantitative estimate of drug-likeness (QED) is 0.793. The first kappa shape index (κ1) is 16.6. The number of hydrogen-bond donors (Lipinski definition) is 2. The second-order valence-corrected chi connectivity index (χ2v) is 6.16. The number of ether oxygens (including phenoxy) is 1. The van der Waals surface area contributed by atoms with Crippen molar-refractivity contribution in [3.05, 3.63) is 54.6 Å². The van der Waals surface area contributed by atoms with Crippen molar-refractivity contribution in [2.45, 2.75) is 6.10 Å². The number of aliphatic hydroxyl groups excluding tert-OH is 1. The van der Waals surface area contributed by atoms with Crippen LogP contribution in [0.15, 0.2) is 54.6 Å². The zero-order valence-electron chi connectivity index (χ0n) is 13.8. The Morgan fingerprint density at radius 2 is 1.75 bits per heavy atom. The highest BCUT2D eigenvalue weighted by Gasteiger charge is 2.19. The summed E-state index contributed by atoms with van der Waals surface area (Å²) in [6.45, 7) is 4.77. The number of hydrogen-bond acceptors (Lipinski definition) is 5. The van der Waals surface area contributed by atoms with Gasteiger partial charge in [0.1, 0.15) is 18.5 Å². The molecule has 24 heavy (non-hydrogen) atoms. The van der Waals surface area contributed by atoms with Gasteiger partial charge < -0.3 is 20.5 Å². The Kier molecular flexibility index (Phi) is 5.56. The normalized spacial score (nSPS) is 16.8. The van der Waals surface area contributed by atoms with E-state index in [1.807, 2.05) is 24.3 Å². The molecule has 0 aromatic heterocycles. The van der Waals surface area contributed by atoms with Crippen molar-refractivity contribution in [3.63, 3.8) is 0 Å². The zero-order valence-corrected chi connectivity index (χ0v) is 13.8. The van der Waals surface area contributed by atoms with Gasteiger partial charge in [0.2, 0.25) is 0 Å². The molecule has 128 valence electrons. The number of β-amino-alcohol motifs (C(OH)–C–C–N with tert-alkyl or cyclic N) is 1. The smallest absolute Gasteiger partial charge is 0.121 e. The van der Waals surface area contributed by atoms with E-state index < -0.39 is 6.10 Å². The van der Waals surface area contributed by atoms with Crippen molar-refractivity contribution < 1.29 is 9.84 Å². The average molecular weight is 327 g/mol. The van der Waals surface area contributed by atoms with Crippen LogP contribution in [0.3, 0.4) is 0 Å². The van der Waals surface area contributed by atoms with Gasteiger partial charge in [-0.1, -0.05) is 24.3 Å². The summed E-state index contributed by atoms with van der Waals surface area (Å²) in [6.07, 6.45) is -0.505. The van der Waals surface area contributed by atoms with Crippen LogP contribution in [-0.4, -0.2) is 55.4 Å². The number of nitrogen functional groups attached to an aromatic ring is 1. The number of benzene rings is 2. The summed E-state index contributed by atoms with van der Waals surface area (Å²) in [7, 11) is 0. The molecule has 3 rings (SSSR count). The first-order chi connectivity index (χ1) is 11.7. The van der Waals surface area contributed by atoms with Gasteiger partial charge in [-0.2, -0.15) is 0 Å². The summed E-state index contributed by atoms with van der Waals surface area (Å²) in [5.41, 5.74) is 7.65. The first-order valence-electron chi connectivity index (χ1n) is 8.39. The van der Waals surface area contributed by atoms with Crippen LogP contribution in [0, 0.1) is 0 Å². The second kappa shape index (κ2) is 8.04. The van der Waals surface area contributed by atoms with E-state index in [4.69, 9.17) is 10.5 Å². The number of piperazine rings is 1. The molecule has 1 aliphatic rings. The molecular weight excluding hydrogens is 302 g/mol. The van der Waals surface area contributed by atoms with Crippen molar-refractivity contribution in [1.29, 1.82) is 0 Å². The molecule has 1 fully saturated rings. The fourth-order valence-corrected chi connectivity index (χ4v) is 2.97. The number of nitrogens with two attached hydrogens (primary N) is 1. The number of nitrogens with zero attached hydrogens (tertiary/aromatic N) is 2. The molecule has 0 aliphatic carbocycles. The van der Waals surface area contributed by atoms with Crippen LogP contribution in [0.1, 0.15) is 0 Å². The van der Waals surface area contributed by atoms with Crippen LogP contribution in [-0.2, 0) is 0 Å². The van der Waals surface area contributed by atoms with Gasteiger partial charge in [0.15, 0.2) is 0 Å². The van der Waals surface area contributed by atoms with Crippen molar-refractivity contribution in [2.75, 3.05) is 50.0 Å². The number of aliphatic hydroxyl groups is 1. The average Bonchev–Trinajstić information content (AvgIpc) is 2.61. The molecule has 1 aliphatic heterocycles. The number of anilines is 2. The molecule has 0 bridgehead atoms. The Morgan fingerprint density at radius 3 is 2.46 bits per heavy atom. The molecule has 3 N–H and O–H groups in total. The van der Waals surface area contributed by atoms with Crippen molar-refractivity contribution in [3.8, 4) is 5.75 Å². The highest BCUT2D eigenvalue weighted by Crippen LogP contribution is 2.16. The maximum Gasteiger partial charge on any atom is 0.121 e. The predicted octanol–water partition coefficient (Wildman–Crippen LogP) is 1.83. The maximum atomic E-state index is 10.2. The van der Waals surface area contributed by atoms with Crippen LogP contribution in [0.5, 0.6) is 5.75 Å². The molecule has 0 spiro atoms. The Hall–Kier alpha value is -2.24. The molecular formula is C19H25N3O2. The monoisotopic (exact) mass is 327 g/mol. The molecule has 1 saturated heterocycles. The van der Waals surface area contributed by atoms with Crippen molar-refractivity contribution >= 4 is 11.4 Å². The van der Waals surface area contributed by atoms with Gasteiger partial charge in [0, 0.05) is 50.2 Å². The Morgan fingerprint density at radius 1 is 1.00 bits per heavy atom. The summed E-state index contributed by atoms with van der Waals surface area (Å²) in [5.74, 6) is 0.697. The van der Waals surface area contributed by atoms with Gasteiger partial charge in [-0.15, -0.1) is 0 Å². The van der Waals surface area contributed by atoms with Gasteiger partial charge >= 0.3 is 0 Å². The lowest BCUT2D eigenvalue weighted by Crippen LogP contribution is -2.49. The molecule has 2 aromatic rings. The fraction of sp³-hybridized carbons (Fsp3) is 0.368. The Balaban J connectivity index is 1.41. The van der Waals surface area contributed by atoms with E-state index in [0.29, 0.717) is 18.0 Å². The van der Waals surface area contributed by atoms with Crippen molar-refractivity contribution in [1.82, 2.24) is 4.90 Å². The van der Waals surface area contributed by atoms with E-state index in [2.05, 4.69) is 34.1 Å². The summed E-state index contributed by atoms with van der Waals surface area (Å²) >= 11 is 0. The highest BCUT2D eigenvalue weighted by molar-refractivity contribution is 5.46. The van der Waals surface area contributed by atoms with E-state index in [0.717, 1.165) is 26.2 Å². The lowest BCUT2D eigenvalue weighted by molar-refractivity contribution is 0.0663. The lowest BCUT2D eigenvalue weighted by Gasteiger charge is -2.36. The molecule has 5 nitrogen and oxygen atoms in total. The molecule has 0 radical (unpaired) electrons. The maximum absolute atomic E-state index is 10.2. The van der Waals surface area contributed by atoms with E-state index in [-0.39, 0.29) is 6.61 Å². The van der Waals surface area contributed by atoms with Gasteiger partial charge in [0.25, 0.3) is 0 Å². The molecule has 1 heterocycles. The Labute approximate surface area is 143 Å². The summed E-state index contributed by atoms with van der Waals surface area (Å²) in [5, 5.41) is 10.2. The van der Waals surface area contributed by atoms with Gasteiger partial charge in [-0.3, -0.25) is 4.90 Å². The number of para-hydroxylation sites is 1. The molecule has 5 heteroatoms. The van der Waals surface area contributed by atoms with E-state index in [9.17, 15) is 5.11 Å². The lowest BCUT2D eigenvalue weighted by atomic mass is 10.2. The Bertz CT molecular complexity index is 628. The SMILES string of the molecule is Nc1cccc(OC[C@H](O)CN2CCN(c3ccccc3)CC2)c1. The minimum absolute atomic E-state index is 0.280. The van der Waals surface area contributed by atoms with Gasteiger partial charge in [-0.05, 0) is 24.3 Å². The largest absolute Gasteiger partial charge is 0.491 e. The summed E-state index contributed by atoms with van der Waals surface area (Å²) < 4.78 is 5.61. The molecule has 2 aromatic carbocycles. The fourth-order valence-electron chi connectivity index (χ4n) is 2.97. The van der Waals surface area contributed by atoms with E-state index in [1.165, 1.54) is 5.69 Å². The minimum Gasteiger partial charge on any atom is -0.491 e. The van der Waals surface area contributed by atoms with Crippen LogP contribution >= 0.6 is 0 Å². The third-order valence-corrected chi connectivity index (χ3v) is 4.26. The molecule has 0 unspecified atom stereocenters. The zero-order chi connectivity index (χ0) is 16.8. The third-order valence-electron chi connectivity index (χ3n) is 4.26. The highest BCUT2D eigenvalue weighted by atomic mass is 16.5. The predicted molar refractivity (Wildman–Crippen MR) is 97.5 cm³/mol. The molecule has 1 atom stereocenters. The molecule has 0 amide bonds. The van der Waals surface area contributed by atoms with Gasteiger partial charge in [-0.25, -0.2) is 0 Å². The van der Waals surface area contributed by atoms with Crippen molar-refractivity contribution in [2.24, 2.45) is 0 Å². The standard InChI is InChI=1S/C19H25N3O2/c20-16-5-4-8-19(13-16)24-15-18(23)14-21-9-11-22(12-10-21)17-6-2-1-3-7-17/h1-8,13,18,23H,9-12,14-15,20H2/t18-/m1/s1. The molecule has 0 saturated carbocycles. The minimum atomic E-state index is -0.505. The number of rotatable bonds is 6. The topological polar surface area (TPSA) is 62.0 Å². The van der Waals surface area contributed by atoms with E-state index >= 15 is 0 Å². The summed E-state index contributed by atoms with van der Waals surface area (Å²) in [4.78, 5) is 4.67. The second-order valence-electron chi connectivity index (χ2n) is 6.16. The van der Waals surface area contributed by atoms with Gasteiger partial charge in [0.05, 0.1) is 0 Å². The van der Waals surface area contributed by atoms with Crippen LogP contribution in [0.4, 0.5) is 11.4 Å². The van der Waals surface area contributed by atoms with E-state index in [1.54, 1.807) is 6.07 Å².